The summed E-state index contributed by atoms with van der Waals surface area (Å²) in [7, 11) is 1.88. The van der Waals surface area contributed by atoms with Gasteiger partial charge in [0.15, 0.2) is 5.22 Å². The number of hydrogen-bond acceptors (Lipinski definition) is 3. The molecule has 1 rings (SSSR count). The molecule has 80 valence electrons. The molecule has 1 atom stereocenters. The maximum Gasteiger partial charge on any atom is 0.197 e. The Hall–Kier alpha value is -0.510. The van der Waals surface area contributed by atoms with Crippen molar-refractivity contribution in [2.24, 2.45) is 0 Å². The molecule has 0 radical (unpaired) electrons. The largest absolute Gasteiger partial charge is 0.453 e. The van der Waals surface area contributed by atoms with Crippen LogP contribution in [0.2, 0.25) is 5.22 Å². The van der Waals surface area contributed by atoms with Crippen LogP contribution in [0.15, 0.2) is 16.7 Å². The van der Waals surface area contributed by atoms with E-state index >= 15 is 0 Å². The van der Waals surface area contributed by atoms with Crippen LogP contribution in [0.3, 0.4) is 0 Å². The first-order chi connectivity index (χ1) is 6.79. The zero-order chi connectivity index (χ0) is 10.4. The maximum absolute atomic E-state index is 5.86. The van der Waals surface area contributed by atoms with E-state index in [1.165, 1.54) is 0 Å². The van der Waals surface area contributed by atoms with Crippen LogP contribution in [0.5, 0.6) is 0 Å². The van der Waals surface area contributed by atoms with Gasteiger partial charge in [0.25, 0.3) is 0 Å². The predicted molar refractivity (Wildman–Crippen MR) is 56.6 cm³/mol. The molecule has 1 aromatic heterocycles. The van der Waals surface area contributed by atoms with E-state index in [2.05, 4.69) is 12.2 Å². The Morgan fingerprint density at radius 2 is 2.43 bits per heavy atom. The van der Waals surface area contributed by atoms with Crippen molar-refractivity contribution < 1.29 is 9.15 Å². The first-order valence-corrected chi connectivity index (χ1v) is 5.15. The van der Waals surface area contributed by atoms with Gasteiger partial charge in [0.1, 0.15) is 0 Å². The molecule has 0 amide bonds. The SMILES string of the molecule is CCCOCC(NC)c1ccoc1Cl. The number of furan rings is 1. The van der Waals surface area contributed by atoms with Crippen molar-refractivity contribution in [2.45, 2.75) is 19.4 Å². The quantitative estimate of drug-likeness (QED) is 0.744. The third-order valence-corrected chi connectivity index (χ3v) is 2.31. The number of rotatable bonds is 6. The minimum atomic E-state index is 0.104. The second-order valence-electron chi connectivity index (χ2n) is 3.07. The highest BCUT2D eigenvalue weighted by molar-refractivity contribution is 6.29. The summed E-state index contributed by atoms with van der Waals surface area (Å²) in [6.07, 6.45) is 2.61. The van der Waals surface area contributed by atoms with Crippen LogP contribution >= 0.6 is 11.6 Å². The Bertz CT molecular complexity index is 262. The molecule has 0 saturated heterocycles. The molecule has 3 nitrogen and oxygen atoms in total. The van der Waals surface area contributed by atoms with Gasteiger partial charge in [-0.15, -0.1) is 0 Å². The lowest BCUT2D eigenvalue weighted by molar-refractivity contribution is 0.114. The highest BCUT2D eigenvalue weighted by Crippen LogP contribution is 2.23. The van der Waals surface area contributed by atoms with Crippen molar-refractivity contribution in [3.63, 3.8) is 0 Å². The van der Waals surface area contributed by atoms with Gasteiger partial charge in [0, 0.05) is 12.2 Å². The molecule has 1 N–H and O–H groups in total. The summed E-state index contributed by atoms with van der Waals surface area (Å²) >= 11 is 5.86. The second-order valence-corrected chi connectivity index (χ2v) is 3.41. The average Bonchev–Trinajstić information content (AvgIpc) is 2.60. The standard InChI is InChI=1S/C10H16ClNO2/c1-3-5-13-7-9(12-2)8-4-6-14-10(8)11/h4,6,9,12H,3,5,7H2,1-2H3. The van der Waals surface area contributed by atoms with E-state index in [-0.39, 0.29) is 6.04 Å². The fourth-order valence-corrected chi connectivity index (χ4v) is 1.47. The van der Waals surface area contributed by atoms with E-state index in [0.717, 1.165) is 18.6 Å². The molecule has 1 unspecified atom stereocenters. The third-order valence-electron chi connectivity index (χ3n) is 2.00. The fourth-order valence-electron chi connectivity index (χ4n) is 1.23. The van der Waals surface area contributed by atoms with E-state index in [1.54, 1.807) is 6.26 Å². The molecular weight excluding hydrogens is 202 g/mol. The lowest BCUT2D eigenvalue weighted by Crippen LogP contribution is -2.21. The van der Waals surface area contributed by atoms with Crippen molar-refractivity contribution in [3.05, 3.63) is 23.1 Å². The summed E-state index contributed by atoms with van der Waals surface area (Å²) in [5, 5.41) is 3.57. The normalized spacial score (nSPS) is 13.1. The van der Waals surface area contributed by atoms with Gasteiger partial charge >= 0.3 is 0 Å². The Morgan fingerprint density at radius 3 is 2.93 bits per heavy atom. The molecular formula is C10H16ClNO2. The van der Waals surface area contributed by atoms with Crippen LogP contribution in [0.25, 0.3) is 0 Å². The van der Waals surface area contributed by atoms with E-state index in [0.29, 0.717) is 11.8 Å². The van der Waals surface area contributed by atoms with Gasteiger partial charge < -0.3 is 14.5 Å². The van der Waals surface area contributed by atoms with E-state index < -0.39 is 0 Å². The number of halogens is 1. The first kappa shape index (κ1) is 11.6. The molecule has 0 aliphatic carbocycles. The Morgan fingerprint density at radius 1 is 1.64 bits per heavy atom. The van der Waals surface area contributed by atoms with E-state index in [4.69, 9.17) is 20.8 Å². The van der Waals surface area contributed by atoms with Crippen molar-refractivity contribution in [1.82, 2.24) is 5.32 Å². The maximum atomic E-state index is 5.86. The number of ether oxygens (including phenoxy) is 1. The zero-order valence-corrected chi connectivity index (χ0v) is 9.30. The van der Waals surface area contributed by atoms with Gasteiger partial charge in [-0.25, -0.2) is 0 Å². The van der Waals surface area contributed by atoms with E-state index in [9.17, 15) is 0 Å². The summed E-state index contributed by atoms with van der Waals surface area (Å²) in [4.78, 5) is 0. The lowest BCUT2D eigenvalue weighted by Gasteiger charge is -2.14. The highest BCUT2D eigenvalue weighted by atomic mass is 35.5. The molecule has 1 aromatic rings. The molecule has 0 aromatic carbocycles. The van der Waals surface area contributed by atoms with Crippen LogP contribution in [0, 0.1) is 0 Å². The topological polar surface area (TPSA) is 34.4 Å². The van der Waals surface area contributed by atoms with Gasteiger partial charge in [0.05, 0.1) is 18.9 Å². The molecule has 0 aliphatic rings. The molecule has 14 heavy (non-hydrogen) atoms. The van der Waals surface area contributed by atoms with Crippen molar-refractivity contribution in [3.8, 4) is 0 Å². The van der Waals surface area contributed by atoms with Crippen LogP contribution in [0.1, 0.15) is 24.9 Å². The van der Waals surface area contributed by atoms with Crippen LogP contribution in [-0.2, 0) is 4.74 Å². The number of hydrogen-bond donors (Lipinski definition) is 1. The van der Waals surface area contributed by atoms with Gasteiger partial charge in [-0.05, 0) is 31.1 Å². The van der Waals surface area contributed by atoms with E-state index in [1.807, 2.05) is 13.1 Å². The molecule has 0 spiro atoms. The van der Waals surface area contributed by atoms with Crippen molar-refractivity contribution in [2.75, 3.05) is 20.3 Å². The third kappa shape index (κ3) is 3.01. The molecule has 0 fully saturated rings. The Kier molecular flexibility index (Phi) is 5.01. The predicted octanol–water partition coefficient (Wildman–Crippen LogP) is 2.62. The van der Waals surface area contributed by atoms with Crippen LogP contribution < -0.4 is 5.32 Å². The average molecular weight is 218 g/mol. The smallest absolute Gasteiger partial charge is 0.197 e. The summed E-state index contributed by atoms with van der Waals surface area (Å²) in [6, 6.07) is 1.96. The highest BCUT2D eigenvalue weighted by Gasteiger charge is 2.14. The second kappa shape index (κ2) is 6.06. The molecule has 0 bridgehead atoms. The molecule has 1 heterocycles. The summed E-state index contributed by atoms with van der Waals surface area (Å²) in [6.45, 7) is 3.47. The minimum Gasteiger partial charge on any atom is -0.453 e. The zero-order valence-electron chi connectivity index (χ0n) is 8.55. The van der Waals surface area contributed by atoms with Crippen molar-refractivity contribution in [1.29, 1.82) is 0 Å². The van der Waals surface area contributed by atoms with Crippen LogP contribution in [-0.4, -0.2) is 20.3 Å². The Labute approximate surface area is 89.4 Å². The molecule has 4 heteroatoms. The van der Waals surface area contributed by atoms with Gasteiger partial charge in [-0.1, -0.05) is 6.92 Å². The van der Waals surface area contributed by atoms with Crippen LogP contribution in [0.4, 0.5) is 0 Å². The number of nitrogens with one attached hydrogen (secondary N) is 1. The molecule has 0 aliphatic heterocycles. The minimum absolute atomic E-state index is 0.104. The Balaban J connectivity index is 2.50. The fraction of sp³-hybridized carbons (Fsp3) is 0.600. The summed E-state index contributed by atoms with van der Waals surface area (Å²) in [5.41, 5.74) is 0.949. The number of likely N-dealkylation sites (N-methyl/N-ethyl adjacent to an activating group) is 1. The van der Waals surface area contributed by atoms with Crippen molar-refractivity contribution >= 4 is 11.6 Å². The van der Waals surface area contributed by atoms with Gasteiger partial charge in [0.2, 0.25) is 0 Å². The van der Waals surface area contributed by atoms with Gasteiger partial charge in [-0.2, -0.15) is 0 Å². The first-order valence-electron chi connectivity index (χ1n) is 4.77. The monoisotopic (exact) mass is 217 g/mol. The van der Waals surface area contributed by atoms with Gasteiger partial charge in [-0.3, -0.25) is 0 Å². The summed E-state index contributed by atoms with van der Waals surface area (Å²) in [5.74, 6) is 0. The molecule has 0 saturated carbocycles. The summed E-state index contributed by atoms with van der Waals surface area (Å²) < 4.78 is 10.5. The lowest BCUT2D eigenvalue weighted by atomic mass is 10.2.